The summed E-state index contributed by atoms with van der Waals surface area (Å²) in [5, 5.41) is 3.38. The molecule has 1 aliphatic heterocycles. The number of nitrogens with one attached hydrogen (secondary N) is 1. The van der Waals surface area contributed by atoms with Gasteiger partial charge in [-0.1, -0.05) is 13.8 Å². The molecule has 0 spiro atoms. The van der Waals surface area contributed by atoms with Crippen LogP contribution in [-0.4, -0.2) is 36.1 Å². The van der Waals surface area contributed by atoms with Gasteiger partial charge in [0.2, 0.25) is 0 Å². The Bertz CT molecular complexity index is 433. The van der Waals surface area contributed by atoms with Gasteiger partial charge in [-0.25, -0.2) is 9.37 Å². The molecular weight excluding hydrogens is 273 g/mol. The average molecular weight is 297 g/mol. The summed E-state index contributed by atoms with van der Waals surface area (Å²) >= 11 is 1.98. The number of hydrogen-bond donors (Lipinski definition) is 1. The van der Waals surface area contributed by atoms with Crippen LogP contribution in [0, 0.1) is 11.7 Å². The molecule has 1 atom stereocenters. The van der Waals surface area contributed by atoms with E-state index >= 15 is 0 Å². The third-order valence-corrected chi connectivity index (χ3v) is 4.71. The van der Waals surface area contributed by atoms with Gasteiger partial charge in [0.1, 0.15) is 11.6 Å². The van der Waals surface area contributed by atoms with Crippen LogP contribution in [0.15, 0.2) is 12.3 Å². The largest absolute Gasteiger partial charge is 0.356 e. The molecule has 1 fully saturated rings. The van der Waals surface area contributed by atoms with Crippen LogP contribution in [0.4, 0.5) is 10.2 Å². The summed E-state index contributed by atoms with van der Waals surface area (Å²) in [7, 11) is 2.07. The first kappa shape index (κ1) is 15.6. The lowest BCUT2D eigenvalue weighted by molar-refractivity contribution is 0.547. The zero-order chi connectivity index (χ0) is 14.5. The second kappa shape index (κ2) is 7.27. The van der Waals surface area contributed by atoms with Crippen molar-refractivity contribution in [1.82, 2.24) is 10.3 Å². The van der Waals surface area contributed by atoms with Crippen LogP contribution in [0.1, 0.15) is 25.8 Å². The summed E-state index contributed by atoms with van der Waals surface area (Å²) in [4.78, 5) is 6.54. The zero-order valence-electron chi connectivity index (χ0n) is 12.5. The Labute approximate surface area is 125 Å². The van der Waals surface area contributed by atoms with E-state index in [1.807, 2.05) is 11.8 Å². The maximum absolute atomic E-state index is 13.5. The molecule has 1 unspecified atom stereocenters. The number of halogens is 1. The standard InChI is InChI=1S/C15H24FN3S/c1-11(2)7-17-8-12-6-13(16)9-18-15(12)19(3)14-4-5-20-10-14/h6,9,11,14,17H,4-5,7-8,10H2,1-3H3. The fourth-order valence-corrected chi connectivity index (χ4v) is 3.69. The van der Waals surface area contributed by atoms with Crippen LogP contribution in [0.3, 0.4) is 0 Å². The van der Waals surface area contributed by atoms with Gasteiger partial charge in [-0.15, -0.1) is 0 Å². The van der Waals surface area contributed by atoms with Crippen molar-refractivity contribution < 1.29 is 4.39 Å². The molecule has 3 nitrogen and oxygen atoms in total. The highest BCUT2D eigenvalue weighted by molar-refractivity contribution is 7.99. The van der Waals surface area contributed by atoms with Gasteiger partial charge in [-0.05, 0) is 30.7 Å². The molecule has 0 aromatic carbocycles. The third-order valence-electron chi connectivity index (χ3n) is 3.56. The maximum Gasteiger partial charge on any atom is 0.141 e. The van der Waals surface area contributed by atoms with E-state index in [-0.39, 0.29) is 5.82 Å². The second-order valence-electron chi connectivity index (χ2n) is 5.79. The minimum absolute atomic E-state index is 0.260. The van der Waals surface area contributed by atoms with Gasteiger partial charge in [0.15, 0.2) is 0 Å². The predicted octanol–water partition coefficient (Wildman–Crippen LogP) is 2.91. The number of thioether (sulfide) groups is 1. The van der Waals surface area contributed by atoms with Crippen LogP contribution in [0.25, 0.3) is 0 Å². The summed E-state index contributed by atoms with van der Waals surface area (Å²) in [6.45, 7) is 5.93. The Balaban J connectivity index is 2.09. The lowest BCUT2D eigenvalue weighted by atomic mass is 10.1. The topological polar surface area (TPSA) is 28.2 Å². The van der Waals surface area contributed by atoms with Crippen molar-refractivity contribution in [3.63, 3.8) is 0 Å². The summed E-state index contributed by atoms with van der Waals surface area (Å²) < 4.78 is 13.5. The molecule has 1 aliphatic rings. The number of anilines is 1. The van der Waals surface area contributed by atoms with E-state index < -0.39 is 0 Å². The number of aromatic nitrogens is 1. The lowest BCUT2D eigenvalue weighted by Gasteiger charge is -2.27. The van der Waals surface area contributed by atoms with E-state index in [4.69, 9.17) is 0 Å². The summed E-state index contributed by atoms with van der Waals surface area (Å²) in [6.07, 6.45) is 2.50. The molecule has 1 aromatic heterocycles. The molecule has 0 bridgehead atoms. The first-order chi connectivity index (χ1) is 9.58. The van der Waals surface area contributed by atoms with Crippen molar-refractivity contribution in [3.05, 3.63) is 23.6 Å². The highest BCUT2D eigenvalue weighted by Crippen LogP contribution is 2.27. The van der Waals surface area contributed by atoms with Gasteiger partial charge in [-0.2, -0.15) is 11.8 Å². The molecule has 1 saturated heterocycles. The molecule has 1 aromatic rings. The molecule has 0 aliphatic carbocycles. The van der Waals surface area contributed by atoms with Gasteiger partial charge in [0.25, 0.3) is 0 Å². The van der Waals surface area contributed by atoms with Gasteiger partial charge in [0.05, 0.1) is 6.20 Å². The van der Waals surface area contributed by atoms with Crippen LogP contribution >= 0.6 is 11.8 Å². The van der Waals surface area contributed by atoms with E-state index in [1.54, 1.807) is 6.07 Å². The quantitative estimate of drug-likeness (QED) is 0.874. The molecule has 20 heavy (non-hydrogen) atoms. The van der Waals surface area contributed by atoms with Crippen molar-refractivity contribution >= 4 is 17.6 Å². The van der Waals surface area contributed by atoms with Gasteiger partial charge in [-0.3, -0.25) is 0 Å². The Morgan fingerprint density at radius 3 is 3.00 bits per heavy atom. The fraction of sp³-hybridized carbons (Fsp3) is 0.667. The summed E-state index contributed by atoms with van der Waals surface area (Å²) in [5.41, 5.74) is 0.949. The minimum Gasteiger partial charge on any atom is -0.356 e. The summed E-state index contributed by atoms with van der Waals surface area (Å²) in [6, 6.07) is 2.12. The second-order valence-corrected chi connectivity index (χ2v) is 6.94. The van der Waals surface area contributed by atoms with Gasteiger partial charge >= 0.3 is 0 Å². The smallest absolute Gasteiger partial charge is 0.141 e. The average Bonchev–Trinajstić information content (AvgIpc) is 2.91. The lowest BCUT2D eigenvalue weighted by Crippen LogP contribution is -2.33. The third kappa shape index (κ3) is 4.09. The molecule has 2 heterocycles. The molecule has 0 saturated carbocycles. The van der Waals surface area contributed by atoms with Gasteiger partial charge < -0.3 is 10.2 Å². The fourth-order valence-electron chi connectivity index (χ4n) is 2.42. The SMILES string of the molecule is CC(C)CNCc1cc(F)cnc1N(C)C1CCSC1. The van der Waals surface area contributed by atoms with Crippen molar-refractivity contribution in [2.24, 2.45) is 5.92 Å². The normalized spacial score (nSPS) is 18.8. The monoisotopic (exact) mass is 297 g/mol. The highest BCUT2D eigenvalue weighted by atomic mass is 32.2. The van der Waals surface area contributed by atoms with Crippen LogP contribution in [-0.2, 0) is 6.54 Å². The molecule has 112 valence electrons. The number of hydrogen-bond acceptors (Lipinski definition) is 4. The Morgan fingerprint density at radius 2 is 2.35 bits per heavy atom. The van der Waals surface area contributed by atoms with Gasteiger partial charge in [0, 0.05) is 31.0 Å². The Hall–Kier alpha value is -0.810. The van der Waals surface area contributed by atoms with Crippen LogP contribution < -0.4 is 10.2 Å². The van der Waals surface area contributed by atoms with Crippen molar-refractivity contribution in [3.8, 4) is 0 Å². The molecule has 1 N–H and O–H groups in total. The Morgan fingerprint density at radius 1 is 1.55 bits per heavy atom. The van der Waals surface area contributed by atoms with Crippen LogP contribution in [0.5, 0.6) is 0 Å². The van der Waals surface area contributed by atoms with Crippen molar-refractivity contribution in [2.75, 3.05) is 30.0 Å². The van der Waals surface area contributed by atoms with Crippen LogP contribution in [0.2, 0.25) is 0 Å². The molecule has 0 amide bonds. The number of pyridine rings is 1. The van der Waals surface area contributed by atoms with E-state index in [9.17, 15) is 4.39 Å². The van der Waals surface area contributed by atoms with Crippen molar-refractivity contribution in [2.45, 2.75) is 32.9 Å². The van der Waals surface area contributed by atoms with E-state index in [2.05, 4.69) is 36.1 Å². The molecule has 2 rings (SSSR count). The highest BCUT2D eigenvalue weighted by Gasteiger charge is 2.23. The molecular formula is C15H24FN3S. The predicted molar refractivity (Wildman–Crippen MR) is 84.9 cm³/mol. The van der Waals surface area contributed by atoms with E-state index in [0.717, 1.165) is 23.7 Å². The maximum atomic E-state index is 13.5. The first-order valence-corrected chi connectivity index (χ1v) is 8.39. The first-order valence-electron chi connectivity index (χ1n) is 7.23. The van der Waals surface area contributed by atoms with Crippen molar-refractivity contribution in [1.29, 1.82) is 0 Å². The van der Waals surface area contributed by atoms with E-state index in [0.29, 0.717) is 18.5 Å². The van der Waals surface area contributed by atoms with E-state index in [1.165, 1.54) is 18.4 Å². The number of nitrogens with zero attached hydrogens (tertiary/aromatic N) is 2. The number of rotatable bonds is 6. The Kier molecular flexibility index (Phi) is 5.66. The minimum atomic E-state index is -0.260. The molecule has 0 radical (unpaired) electrons. The molecule has 5 heteroatoms. The zero-order valence-corrected chi connectivity index (χ0v) is 13.3. The summed E-state index contributed by atoms with van der Waals surface area (Å²) in [5.74, 6) is 3.58.